The number of hydrogen-bond donors (Lipinski definition) is 4. The van der Waals surface area contributed by atoms with Crippen LogP contribution in [0.5, 0.6) is 0 Å². The molecule has 0 saturated heterocycles. The van der Waals surface area contributed by atoms with Crippen molar-refractivity contribution in [3.63, 3.8) is 0 Å². The van der Waals surface area contributed by atoms with E-state index in [0.717, 1.165) is 23.1 Å². The van der Waals surface area contributed by atoms with Gasteiger partial charge in [-0.3, -0.25) is 14.3 Å². The first-order valence-electron chi connectivity index (χ1n) is 9.32. The number of aromatic amines is 1. The minimum atomic E-state index is -3.57. The number of rotatable bonds is 8. The van der Waals surface area contributed by atoms with Crippen LogP contribution >= 0.6 is 0 Å². The summed E-state index contributed by atoms with van der Waals surface area (Å²) in [5.41, 5.74) is 2.51. The Labute approximate surface area is 174 Å². The first-order valence-corrected chi connectivity index (χ1v) is 11.2. The number of hydrogen-bond acceptors (Lipinski definition) is 5. The summed E-state index contributed by atoms with van der Waals surface area (Å²) in [5.74, 6) is 0.0894. The molecule has 2 amide bonds. The summed E-state index contributed by atoms with van der Waals surface area (Å²) >= 11 is 0. The van der Waals surface area contributed by atoms with E-state index in [4.69, 9.17) is 0 Å². The molecule has 2 aromatic carbocycles. The van der Waals surface area contributed by atoms with Crippen LogP contribution in [-0.4, -0.2) is 43.0 Å². The van der Waals surface area contributed by atoms with Gasteiger partial charge in [-0.2, -0.15) is 0 Å². The molecule has 10 heteroatoms. The number of aromatic nitrogens is 2. The number of fused-ring (bicyclic) bond motifs is 1. The maximum atomic E-state index is 12.7. The number of carbonyl (C=O) groups is 2. The van der Waals surface area contributed by atoms with Gasteiger partial charge in [-0.15, -0.1) is 0 Å². The molecule has 3 rings (SSSR count). The van der Waals surface area contributed by atoms with E-state index < -0.39 is 15.9 Å². The Bertz CT molecular complexity index is 1150. The number of para-hydroxylation sites is 2. The van der Waals surface area contributed by atoms with Crippen LogP contribution in [-0.2, 0) is 21.2 Å². The SMILES string of the molecule is CC(=O)Nc1ccc(NS(C)(=O)=O)c(C(=O)NCCCc2nc3ccccc3[nH]2)c1. The van der Waals surface area contributed by atoms with Gasteiger partial charge in [0.2, 0.25) is 15.9 Å². The van der Waals surface area contributed by atoms with Gasteiger partial charge >= 0.3 is 0 Å². The maximum Gasteiger partial charge on any atom is 0.253 e. The number of aryl methyl sites for hydroxylation is 1. The van der Waals surface area contributed by atoms with Crippen LogP contribution in [0.15, 0.2) is 42.5 Å². The van der Waals surface area contributed by atoms with Gasteiger partial charge in [-0.25, -0.2) is 13.4 Å². The van der Waals surface area contributed by atoms with Crippen LogP contribution in [0.4, 0.5) is 11.4 Å². The number of carbonyl (C=O) groups excluding carboxylic acids is 2. The van der Waals surface area contributed by atoms with E-state index in [1.165, 1.54) is 25.1 Å². The highest BCUT2D eigenvalue weighted by Gasteiger charge is 2.15. The minimum Gasteiger partial charge on any atom is -0.352 e. The molecular formula is C20H23N5O4S. The molecule has 0 atom stereocenters. The lowest BCUT2D eigenvalue weighted by Gasteiger charge is -2.13. The molecule has 158 valence electrons. The zero-order valence-corrected chi connectivity index (χ0v) is 17.5. The van der Waals surface area contributed by atoms with Gasteiger partial charge in [0, 0.05) is 25.6 Å². The number of anilines is 2. The van der Waals surface area contributed by atoms with Gasteiger partial charge in [-0.05, 0) is 36.8 Å². The Morgan fingerprint density at radius 1 is 1.13 bits per heavy atom. The van der Waals surface area contributed by atoms with E-state index in [0.29, 0.717) is 25.1 Å². The molecule has 1 aromatic heterocycles. The Morgan fingerprint density at radius 3 is 2.60 bits per heavy atom. The van der Waals surface area contributed by atoms with Crippen LogP contribution in [0.25, 0.3) is 11.0 Å². The van der Waals surface area contributed by atoms with E-state index in [-0.39, 0.29) is 17.2 Å². The van der Waals surface area contributed by atoms with Gasteiger partial charge in [0.1, 0.15) is 5.82 Å². The molecule has 0 aliphatic carbocycles. The molecule has 9 nitrogen and oxygen atoms in total. The molecule has 0 bridgehead atoms. The van der Waals surface area contributed by atoms with Crippen molar-refractivity contribution in [2.45, 2.75) is 19.8 Å². The maximum absolute atomic E-state index is 12.7. The summed E-state index contributed by atoms with van der Waals surface area (Å²) in [5, 5.41) is 5.36. The summed E-state index contributed by atoms with van der Waals surface area (Å²) in [6.45, 7) is 1.72. The average molecular weight is 430 g/mol. The summed E-state index contributed by atoms with van der Waals surface area (Å²) in [4.78, 5) is 31.7. The van der Waals surface area contributed by atoms with Crippen molar-refractivity contribution in [1.82, 2.24) is 15.3 Å². The van der Waals surface area contributed by atoms with Gasteiger partial charge in [-0.1, -0.05) is 12.1 Å². The number of H-pyrrole nitrogens is 1. The molecular weight excluding hydrogens is 406 g/mol. The summed E-state index contributed by atoms with van der Waals surface area (Å²) in [6.07, 6.45) is 2.30. The van der Waals surface area contributed by atoms with Crippen molar-refractivity contribution >= 4 is 44.2 Å². The minimum absolute atomic E-state index is 0.121. The third-order valence-electron chi connectivity index (χ3n) is 4.19. The second-order valence-electron chi connectivity index (χ2n) is 6.88. The lowest BCUT2D eigenvalue weighted by Crippen LogP contribution is -2.26. The molecule has 0 aliphatic heterocycles. The lowest BCUT2D eigenvalue weighted by molar-refractivity contribution is -0.114. The van der Waals surface area contributed by atoms with Crippen molar-refractivity contribution in [1.29, 1.82) is 0 Å². The highest BCUT2D eigenvalue weighted by atomic mass is 32.2. The number of nitrogens with one attached hydrogen (secondary N) is 4. The smallest absolute Gasteiger partial charge is 0.253 e. The highest BCUT2D eigenvalue weighted by Crippen LogP contribution is 2.22. The highest BCUT2D eigenvalue weighted by molar-refractivity contribution is 7.92. The molecule has 0 saturated carbocycles. The van der Waals surface area contributed by atoms with Crippen molar-refractivity contribution in [2.75, 3.05) is 22.8 Å². The third kappa shape index (κ3) is 5.80. The lowest BCUT2D eigenvalue weighted by atomic mass is 10.1. The molecule has 4 N–H and O–H groups in total. The molecule has 0 fully saturated rings. The Balaban J connectivity index is 1.65. The number of imidazole rings is 1. The van der Waals surface area contributed by atoms with Crippen LogP contribution < -0.4 is 15.4 Å². The van der Waals surface area contributed by atoms with Crippen molar-refractivity contribution in [3.05, 3.63) is 53.9 Å². The number of benzene rings is 2. The van der Waals surface area contributed by atoms with E-state index in [2.05, 4.69) is 25.3 Å². The monoisotopic (exact) mass is 429 g/mol. The predicted molar refractivity (Wildman–Crippen MR) is 116 cm³/mol. The zero-order chi connectivity index (χ0) is 21.7. The van der Waals surface area contributed by atoms with Gasteiger partial charge in [0.25, 0.3) is 5.91 Å². The van der Waals surface area contributed by atoms with E-state index in [1.807, 2.05) is 24.3 Å². The fraction of sp³-hybridized carbons (Fsp3) is 0.250. The fourth-order valence-electron chi connectivity index (χ4n) is 2.98. The fourth-order valence-corrected chi connectivity index (χ4v) is 3.56. The van der Waals surface area contributed by atoms with Crippen molar-refractivity contribution in [2.24, 2.45) is 0 Å². The Hall–Kier alpha value is -3.40. The molecule has 1 heterocycles. The van der Waals surface area contributed by atoms with Crippen LogP contribution in [0.1, 0.15) is 29.5 Å². The van der Waals surface area contributed by atoms with Crippen LogP contribution in [0.3, 0.4) is 0 Å². The van der Waals surface area contributed by atoms with E-state index in [1.54, 1.807) is 0 Å². The molecule has 0 spiro atoms. The average Bonchev–Trinajstić information content (AvgIpc) is 3.07. The van der Waals surface area contributed by atoms with E-state index in [9.17, 15) is 18.0 Å². The number of amides is 2. The quantitative estimate of drug-likeness (QED) is 0.408. The third-order valence-corrected chi connectivity index (χ3v) is 4.78. The zero-order valence-electron chi connectivity index (χ0n) is 16.7. The van der Waals surface area contributed by atoms with Crippen molar-refractivity contribution in [3.8, 4) is 0 Å². The molecule has 0 radical (unpaired) electrons. The van der Waals surface area contributed by atoms with Gasteiger partial charge < -0.3 is 15.6 Å². The summed E-state index contributed by atoms with van der Waals surface area (Å²) in [6, 6.07) is 12.1. The number of sulfonamides is 1. The predicted octanol–water partition coefficient (Wildman–Crippen LogP) is 2.26. The Kier molecular flexibility index (Phi) is 6.36. The topological polar surface area (TPSA) is 133 Å². The second-order valence-corrected chi connectivity index (χ2v) is 8.62. The van der Waals surface area contributed by atoms with Gasteiger partial charge in [0.15, 0.2) is 0 Å². The van der Waals surface area contributed by atoms with Crippen LogP contribution in [0.2, 0.25) is 0 Å². The first kappa shape index (κ1) is 21.3. The van der Waals surface area contributed by atoms with Gasteiger partial charge in [0.05, 0.1) is 28.5 Å². The molecule has 3 aromatic rings. The normalized spacial score (nSPS) is 11.3. The van der Waals surface area contributed by atoms with Crippen molar-refractivity contribution < 1.29 is 18.0 Å². The molecule has 30 heavy (non-hydrogen) atoms. The van der Waals surface area contributed by atoms with Crippen LogP contribution in [0, 0.1) is 0 Å². The first-order chi connectivity index (χ1) is 14.2. The summed E-state index contributed by atoms with van der Waals surface area (Å²) in [7, 11) is -3.57. The number of nitrogens with zero attached hydrogens (tertiary/aromatic N) is 1. The second kappa shape index (κ2) is 8.95. The molecule has 0 unspecified atom stereocenters. The standard InChI is InChI=1S/C20H23N5O4S/c1-13(26)22-14-9-10-16(25-30(2,28)29)15(12-14)20(27)21-11-5-8-19-23-17-6-3-4-7-18(17)24-19/h3-4,6-7,9-10,12,25H,5,8,11H2,1-2H3,(H,21,27)(H,22,26)(H,23,24). The Morgan fingerprint density at radius 2 is 1.90 bits per heavy atom. The largest absolute Gasteiger partial charge is 0.352 e. The summed E-state index contributed by atoms with van der Waals surface area (Å²) < 4.78 is 25.5. The van der Waals surface area contributed by atoms with E-state index >= 15 is 0 Å². The molecule has 0 aliphatic rings.